The van der Waals surface area contributed by atoms with Crippen molar-refractivity contribution in [3.8, 4) is 0 Å². The predicted molar refractivity (Wildman–Crippen MR) is 59.1 cm³/mol. The summed E-state index contributed by atoms with van der Waals surface area (Å²) in [5, 5.41) is 9.18. The first-order valence-electron chi connectivity index (χ1n) is 5.72. The normalized spacial score (nSPS) is 24.2. The summed E-state index contributed by atoms with van der Waals surface area (Å²) in [4.78, 5) is 13.2. The van der Waals surface area contributed by atoms with Crippen LogP contribution in [0.1, 0.15) is 38.0 Å². The summed E-state index contributed by atoms with van der Waals surface area (Å²) in [6.45, 7) is 2.83. The number of carboxylic acids is 1. The molecule has 1 saturated heterocycles. The Kier molecular flexibility index (Phi) is 3.29. The van der Waals surface area contributed by atoms with E-state index in [1.807, 2.05) is 24.0 Å². The Morgan fingerprint density at radius 1 is 1.62 bits per heavy atom. The maximum atomic E-state index is 11.2. The SMILES string of the molecule is CC(c1ccco1)N1CCCCC1C(=O)O. The molecule has 2 heterocycles. The van der Waals surface area contributed by atoms with Gasteiger partial charge in [0.25, 0.3) is 0 Å². The lowest BCUT2D eigenvalue weighted by Gasteiger charge is -2.36. The monoisotopic (exact) mass is 223 g/mol. The van der Waals surface area contributed by atoms with E-state index in [9.17, 15) is 9.90 Å². The predicted octanol–water partition coefficient (Wildman–Crippen LogP) is 2.28. The highest BCUT2D eigenvalue weighted by Crippen LogP contribution is 2.28. The minimum atomic E-state index is -0.724. The second-order valence-electron chi connectivity index (χ2n) is 4.28. The molecule has 0 aliphatic carbocycles. The fourth-order valence-electron chi connectivity index (χ4n) is 2.38. The second-order valence-corrected chi connectivity index (χ2v) is 4.28. The molecule has 2 rings (SSSR count). The summed E-state index contributed by atoms with van der Waals surface area (Å²) in [5.74, 6) is 0.117. The standard InChI is InChI=1S/C12H17NO3/c1-9(11-6-4-8-16-11)13-7-3-2-5-10(13)12(14)15/h4,6,8-10H,2-3,5,7H2,1H3,(H,14,15). The lowest BCUT2D eigenvalue weighted by atomic mass is 9.99. The Morgan fingerprint density at radius 2 is 2.44 bits per heavy atom. The summed E-state index contributed by atoms with van der Waals surface area (Å²) in [6.07, 6.45) is 4.43. The summed E-state index contributed by atoms with van der Waals surface area (Å²) >= 11 is 0. The highest BCUT2D eigenvalue weighted by Gasteiger charge is 2.32. The van der Waals surface area contributed by atoms with E-state index in [2.05, 4.69) is 0 Å². The Labute approximate surface area is 94.9 Å². The van der Waals surface area contributed by atoms with Crippen LogP contribution in [0.25, 0.3) is 0 Å². The first-order chi connectivity index (χ1) is 7.70. The number of hydrogen-bond donors (Lipinski definition) is 1. The molecule has 0 bridgehead atoms. The molecule has 1 fully saturated rings. The van der Waals surface area contributed by atoms with Crippen molar-refractivity contribution in [3.63, 3.8) is 0 Å². The van der Waals surface area contributed by atoms with Gasteiger partial charge in [0.15, 0.2) is 0 Å². The number of carboxylic acid groups (broad SMARTS) is 1. The van der Waals surface area contributed by atoms with Gasteiger partial charge in [0.1, 0.15) is 11.8 Å². The third kappa shape index (κ3) is 2.11. The largest absolute Gasteiger partial charge is 0.480 e. The molecule has 1 aromatic heterocycles. The number of aliphatic carboxylic acids is 1. The van der Waals surface area contributed by atoms with Crippen molar-refractivity contribution in [3.05, 3.63) is 24.2 Å². The van der Waals surface area contributed by atoms with Crippen LogP contribution in [-0.2, 0) is 4.79 Å². The Balaban J connectivity index is 2.14. The number of furan rings is 1. The molecule has 4 nitrogen and oxygen atoms in total. The number of rotatable bonds is 3. The van der Waals surface area contributed by atoms with Crippen LogP contribution in [-0.4, -0.2) is 28.6 Å². The van der Waals surface area contributed by atoms with Crippen molar-refractivity contribution in [2.75, 3.05) is 6.54 Å². The van der Waals surface area contributed by atoms with E-state index >= 15 is 0 Å². The van der Waals surface area contributed by atoms with Gasteiger partial charge in [-0.25, -0.2) is 0 Å². The van der Waals surface area contributed by atoms with E-state index in [4.69, 9.17) is 4.42 Å². The van der Waals surface area contributed by atoms with Gasteiger partial charge in [0.05, 0.1) is 12.3 Å². The van der Waals surface area contributed by atoms with Crippen LogP contribution < -0.4 is 0 Å². The summed E-state index contributed by atoms with van der Waals surface area (Å²) in [5.41, 5.74) is 0. The van der Waals surface area contributed by atoms with Gasteiger partial charge in [-0.1, -0.05) is 6.42 Å². The molecule has 0 saturated carbocycles. The van der Waals surface area contributed by atoms with Crippen molar-refractivity contribution in [2.45, 2.75) is 38.3 Å². The number of hydrogen-bond acceptors (Lipinski definition) is 3. The molecule has 0 radical (unpaired) electrons. The smallest absolute Gasteiger partial charge is 0.320 e. The summed E-state index contributed by atoms with van der Waals surface area (Å²) < 4.78 is 5.34. The Hall–Kier alpha value is -1.29. The fraction of sp³-hybridized carbons (Fsp3) is 0.583. The average Bonchev–Trinajstić information content (AvgIpc) is 2.81. The quantitative estimate of drug-likeness (QED) is 0.854. The molecule has 2 unspecified atom stereocenters. The highest BCUT2D eigenvalue weighted by molar-refractivity contribution is 5.73. The molecule has 1 N–H and O–H groups in total. The molecule has 88 valence electrons. The number of likely N-dealkylation sites (tertiary alicyclic amines) is 1. The van der Waals surface area contributed by atoms with E-state index in [-0.39, 0.29) is 12.1 Å². The van der Waals surface area contributed by atoms with Gasteiger partial charge in [-0.2, -0.15) is 0 Å². The van der Waals surface area contributed by atoms with E-state index in [1.54, 1.807) is 6.26 Å². The Morgan fingerprint density at radius 3 is 3.06 bits per heavy atom. The molecule has 1 aliphatic rings. The van der Waals surface area contributed by atoms with Crippen molar-refractivity contribution < 1.29 is 14.3 Å². The van der Waals surface area contributed by atoms with Crippen LogP contribution in [0.5, 0.6) is 0 Å². The summed E-state index contributed by atoms with van der Waals surface area (Å²) in [6, 6.07) is 3.41. The van der Waals surface area contributed by atoms with Crippen molar-refractivity contribution >= 4 is 5.97 Å². The zero-order valence-electron chi connectivity index (χ0n) is 9.43. The van der Waals surface area contributed by atoms with Crippen LogP contribution in [0, 0.1) is 0 Å². The minimum Gasteiger partial charge on any atom is -0.480 e. The molecule has 0 aromatic carbocycles. The molecule has 0 spiro atoms. The number of nitrogens with zero attached hydrogens (tertiary/aromatic N) is 1. The molecule has 2 atom stereocenters. The lowest BCUT2D eigenvalue weighted by Crippen LogP contribution is -2.45. The lowest BCUT2D eigenvalue weighted by molar-refractivity contribution is -0.145. The van der Waals surface area contributed by atoms with Crippen molar-refractivity contribution in [2.24, 2.45) is 0 Å². The molecule has 1 aromatic rings. The van der Waals surface area contributed by atoms with E-state index in [1.165, 1.54) is 0 Å². The van der Waals surface area contributed by atoms with Crippen LogP contribution in [0.3, 0.4) is 0 Å². The zero-order valence-corrected chi connectivity index (χ0v) is 9.43. The van der Waals surface area contributed by atoms with Gasteiger partial charge < -0.3 is 9.52 Å². The third-order valence-corrected chi connectivity index (χ3v) is 3.28. The maximum absolute atomic E-state index is 11.2. The van der Waals surface area contributed by atoms with Gasteiger partial charge in [-0.15, -0.1) is 0 Å². The molecule has 0 amide bonds. The first-order valence-corrected chi connectivity index (χ1v) is 5.72. The van der Waals surface area contributed by atoms with Gasteiger partial charge in [-0.3, -0.25) is 9.69 Å². The molecule has 1 aliphatic heterocycles. The van der Waals surface area contributed by atoms with Gasteiger partial charge in [0.2, 0.25) is 0 Å². The second kappa shape index (κ2) is 4.70. The van der Waals surface area contributed by atoms with E-state index < -0.39 is 5.97 Å². The maximum Gasteiger partial charge on any atom is 0.320 e. The minimum absolute atomic E-state index is 0.0383. The van der Waals surface area contributed by atoms with Crippen LogP contribution in [0.15, 0.2) is 22.8 Å². The Bertz CT molecular complexity index is 347. The zero-order chi connectivity index (χ0) is 11.5. The van der Waals surface area contributed by atoms with E-state index in [0.717, 1.165) is 31.6 Å². The summed E-state index contributed by atoms with van der Waals surface area (Å²) in [7, 11) is 0. The van der Waals surface area contributed by atoms with Crippen molar-refractivity contribution in [1.82, 2.24) is 4.90 Å². The average molecular weight is 223 g/mol. The van der Waals surface area contributed by atoms with Gasteiger partial charge in [-0.05, 0) is 38.4 Å². The van der Waals surface area contributed by atoms with Crippen molar-refractivity contribution in [1.29, 1.82) is 0 Å². The highest BCUT2D eigenvalue weighted by atomic mass is 16.4. The van der Waals surface area contributed by atoms with Crippen LogP contribution >= 0.6 is 0 Å². The van der Waals surface area contributed by atoms with Crippen LogP contribution in [0.2, 0.25) is 0 Å². The fourth-order valence-corrected chi connectivity index (χ4v) is 2.38. The molecular weight excluding hydrogens is 206 g/mol. The molecule has 4 heteroatoms. The molecule has 16 heavy (non-hydrogen) atoms. The number of piperidine rings is 1. The van der Waals surface area contributed by atoms with Crippen LogP contribution in [0.4, 0.5) is 0 Å². The third-order valence-electron chi connectivity index (χ3n) is 3.28. The van der Waals surface area contributed by atoms with Gasteiger partial charge >= 0.3 is 5.97 Å². The van der Waals surface area contributed by atoms with Gasteiger partial charge in [0, 0.05) is 0 Å². The first kappa shape index (κ1) is 11.2. The number of carbonyl (C=O) groups is 1. The topological polar surface area (TPSA) is 53.7 Å². The van der Waals surface area contributed by atoms with E-state index in [0.29, 0.717) is 0 Å². The molecular formula is C12H17NO3.